The number of likely N-dealkylation sites (N-methyl/N-ethyl adjacent to an activating group) is 3. The van der Waals surface area contributed by atoms with Crippen molar-refractivity contribution in [2.75, 3.05) is 112 Å². The fourth-order valence-corrected chi connectivity index (χ4v) is 4.05. The first kappa shape index (κ1) is 58.1. The average Bonchev–Trinajstić information content (AvgIpc) is 3.55. The monoisotopic (exact) mass is 877 g/mol. The van der Waals surface area contributed by atoms with Crippen LogP contribution in [0.5, 0.6) is 0 Å². The van der Waals surface area contributed by atoms with Gasteiger partial charge in [0.05, 0.1) is 36.9 Å². The van der Waals surface area contributed by atoms with Crippen LogP contribution in [0.1, 0.15) is 30.2 Å². The summed E-state index contributed by atoms with van der Waals surface area (Å²) in [7, 11) is 6.08. The van der Waals surface area contributed by atoms with Gasteiger partial charge in [-0.2, -0.15) is 0 Å². The molecule has 0 aliphatic carbocycles. The van der Waals surface area contributed by atoms with Gasteiger partial charge < -0.3 is 53.5 Å². The first-order valence-corrected chi connectivity index (χ1v) is 18.3. The van der Waals surface area contributed by atoms with E-state index in [0.29, 0.717) is 43.0 Å². The van der Waals surface area contributed by atoms with Crippen LogP contribution in [0.2, 0.25) is 0 Å². The van der Waals surface area contributed by atoms with E-state index < -0.39 is 0 Å². The Morgan fingerprint density at radius 1 is 0.981 bits per heavy atom. The molecule has 316 valence electrons. The van der Waals surface area contributed by atoms with Gasteiger partial charge in [0.2, 0.25) is 11.8 Å². The molecule has 2 amide bonds. The van der Waals surface area contributed by atoms with Gasteiger partial charge in [0, 0.05) is 78.2 Å². The van der Waals surface area contributed by atoms with Crippen molar-refractivity contribution in [1.82, 2.24) is 51.7 Å². The average molecular weight is 880 g/mol. The fraction of sp³-hybridized carbons (Fsp3) is 0.688. The normalized spacial score (nSPS) is 17.8. The lowest BCUT2D eigenvalue weighted by Crippen LogP contribution is -2.53. The highest BCUT2D eigenvalue weighted by atomic mass is 79.9. The van der Waals surface area contributed by atoms with Crippen molar-refractivity contribution in [2.45, 2.75) is 33.1 Å². The Balaban J connectivity index is -0.000000275. The highest BCUT2D eigenvalue weighted by Crippen LogP contribution is 2.09. The Kier molecular flexibility index (Phi) is 41.6. The number of ether oxygens (including phenoxy) is 1. The molecule has 0 bridgehead atoms. The van der Waals surface area contributed by atoms with Crippen molar-refractivity contribution in [3.8, 4) is 0 Å². The van der Waals surface area contributed by atoms with E-state index in [1.165, 1.54) is 0 Å². The van der Waals surface area contributed by atoms with E-state index >= 15 is 0 Å². The number of aldehydes is 2. The summed E-state index contributed by atoms with van der Waals surface area (Å²) >= 11 is 8.02. The van der Waals surface area contributed by atoms with Crippen LogP contribution in [0.4, 0.5) is 0 Å². The van der Waals surface area contributed by atoms with Crippen LogP contribution in [0.15, 0.2) is 16.8 Å². The van der Waals surface area contributed by atoms with Crippen LogP contribution < -0.4 is 44.6 Å². The predicted octanol–water partition coefficient (Wildman–Crippen LogP) is -1.54. The molecule has 5 rings (SSSR count). The van der Waals surface area contributed by atoms with Gasteiger partial charge in [0.1, 0.15) is 17.4 Å². The molecule has 0 saturated carbocycles. The third-order valence-electron chi connectivity index (χ3n) is 6.65. The molecule has 5 heterocycles. The molecule has 0 radical (unpaired) electrons. The van der Waals surface area contributed by atoms with E-state index in [-0.39, 0.29) is 48.4 Å². The summed E-state index contributed by atoms with van der Waals surface area (Å²) in [5, 5.41) is 11.5. The summed E-state index contributed by atoms with van der Waals surface area (Å²) in [6, 6.07) is 0. The molecule has 22 heteroatoms. The molecular formula is C32H66BrCl2N13O6. The molecule has 0 spiro atoms. The van der Waals surface area contributed by atoms with Gasteiger partial charge in [-0.1, -0.05) is 6.08 Å². The van der Waals surface area contributed by atoms with E-state index in [1.54, 1.807) is 19.9 Å². The lowest BCUT2D eigenvalue weighted by atomic mass is 10.3. The lowest BCUT2D eigenvalue weighted by Gasteiger charge is -2.27. The number of nitrogens with zero attached hydrogens (tertiary/aromatic N) is 5. The minimum atomic E-state index is -0.357. The maximum absolute atomic E-state index is 10.5. The van der Waals surface area contributed by atoms with Crippen LogP contribution in [0, 0.1) is 0 Å². The van der Waals surface area contributed by atoms with Gasteiger partial charge in [0.15, 0.2) is 12.6 Å². The van der Waals surface area contributed by atoms with Crippen LogP contribution in [-0.4, -0.2) is 173 Å². The number of alkyl halides is 1. The maximum atomic E-state index is 10.5. The lowest BCUT2D eigenvalue weighted by molar-refractivity contribution is -0.140. The molecule has 54 heavy (non-hydrogen) atoms. The molecule has 1 aromatic heterocycles. The summed E-state index contributed by atoms with van der Waals surface area (Å²) in [5.74, 6) is 0.827. The molecule has 1 aromatic rings. The summed E-state index contributed by atoms with van der Waals surface area (Å²) in [5.41, 5.74) is 15.9. The Bertz CT molecular complexity index is 1140. The number of piperazine rings is 3. The number of carbonyl (C=O) groups is 5. The SMILES string of the molecule is C/C=C(/Br)C=O.CCOC(=O)CCl.CN1CCNC(=O)C1.CN1CCNC(N)C1.CN1CCn2cc(C=O)nc2C1.Cl.N.NCCN.O=C1CNCCN1. The van der Waals surface area contributed by atoms with Crippen molar-refractivity contribution in [1.29, 1.82) is 0 Å². The molecule has 4 aliphatic heterocycles. The van der Waals surface area contributed by atoms with Crippen molar-refractivity contribution < 1.29 is 28.7 Å². The number of halogens is 3. The Morgan fingerprint density at radius 3 is 1.93 bits per heavy atom. The van der Waals surface area contributed by atoms with Crippen LogP contribution in [0.25, 0.3) is 0 Å². The van der Waals surface area contributed by atoms with Crippen molar-refractivity contribution in [2.24, 2.45) is 17.2 Å². The maximum Gasteiger partial charge on any atom is 0.320 e. The number of allylic oxidation sites excluding steroid dienone is 2. The molecule has 1 unspecified atom stereocenters. The summed E-state index contributed by atoms with van der Waals surface area (Å²) in [6.07, 6.45) is 5.24. The number of amides is 2. The highest BCUT2D eigenvalue weighted by molar-refractivity contribution is 9.12. The first-order valence-electron chi connectivity index (χ1n) is 17.0. The minimum Gasteiger partial charge on any atom is -0.465 e. The van der Waals surface area contributed by atoms with Gasteiger partial charge in [-0.15, -0.1) is 24.0 Å². The fourth-order valence-electron chi connectivity index (χ4n) is 3.97. The number of esters is 1. The third-order valence-corrected chi connectivity index (χ3v) is 7.51. The van der Waals surface area contributed by atoms with Crippen LogP contribution in [-0.2, 0) is 37.0 Å². The second kappa shape index (κ2) is 38.7. The topological polar surface area (TPSA) is 283 Å². The largest absolute Gasteiger partial charge is 0.465 e. The van der Waals surface area contributed by atoms with E-state index in [2.05, 4.69) is 70.8 Å². The number of nitrogens with two attached hydrogens (primary N) is 3. The molecule has 19 nitrogen and oxygen atoms in total. The first-order chi connectivity index (χ1) is 24.8. The van der Waals surface area contributed by atoms with Gasteiger partial charge in [0.25, 0.3) is 0 Å². The van der Waals surface area contributed by atoms with E-state index in [9.17, 15) is 24.0 Å². The van der Waals surface area contributed by atoms with Gasteiger partial charge in [-0.3, -0.25) is 39.1 Å². The third kappa shape index (κ3) is 33.9. The number of aromatic nitrogens is 2. The van der Waals surface area contributed by atoms with Crippen molar-refractivity contribution >= 4 is 70.3 Å². The van der Waals surface area contributed by atoms with Crippen molar-refractivity contribution in [3.63, 3.8) is 0 Å². The Labute approximate surface area is 340 Å². The Morgan fingerprint density at radius 2 is 1.59 bits per heavy atom. The molecular weight excluding hydrogens is 813 g/mol. The number of imidazole rings is 1. The van der Waals surface area contributed by atoms with Gasteiger partial charge in [-0.25, -0.2) is 4.98 Å². The van der Waals surface area contributed by atoms with E-state index in [4.69, 9.17) is 28.8 Å². The standard InChI is InChI=1S/C8H11N3O.C5H13N3.C5H10N2O.C4H5BrO.C4H7ClO2.C4H8N2O.C2H8N2.ClH.H3N/c1-10-2-3-11-4-7(6-12)9-8(11)5-10;1-8-3-2-7-5(6)4-8;1-7-3-2-6-5(8)4-7;1-2-4(5)3-6;1-2-7-4(6)3-5;7-4-3-5-1-2-6-4;3-1-2-4;;/h4,6H,2-3,5H2,1H3;5,7H,2-4,6H2,1H3;2-4H2,1H3,(H,6,8);2-3H,1H3;2-3H2,1H3;5H,1-3H2,(H,6,7);1-4H2;1H;1H3/b;;;4-2+;;;;;. The van der Waals surface area contributed by atoms with E-state index in [0.717, 1.165) is 83.8 Å². The summed E-state index contributed by atoms with van der Waals surface area (Å²) in [4.78, 5) is 61.5. The molecule has 3 saturated heterocycles. The quantitative estimate of drug-likeness (QED) is 0.0720. The zero-order chi connectivity index (χ0) is 39.7. The minimum absolute atomic E-state index is 0. The zero-order valence-electron chi connectivity index (χ0n) is 32.5. The number of nitrogens with one attached hydrogen (secondary N) is 4. The second-order valence-electron chi connectivity index (χ2n) is 11.4. The predicted molar refractivity (Wildman–Crippen MR) is 220 cm³/mol. The zero-order valence-corrected chi connectivity index (χ0v) is 35.6. The van der Waals surface area contributed by atoms with Crippen molar-refractivity contribution in [3.05, 3.63) is 28.3 Å². The molecule has 13 N–H and O–H groups in total. The summed E-state index contributed by atoms with van der Waals surface area (Å²) in [6.45, 7) is 15.6. The number of fused-ring (bicyclic) bond motifs is 1. The number of carbonyl (C=O) groups excluding carboxylic acids is 5. The number of hydrogen-bond acceptors (Lipinski definition) is 16. The van der Waals surface area contributed by atoms with Crippen LogP contribution >= 0.6 is 39.9 Å². The van der Waals surface area contributed by atoms with Gasteiger partial charge >= 0.3 is 5.97 Å². The van der Waals surface area contributed by atoms with Crippen LogP contribution in [0.3, 0.4) is 0 Å². The second-order valence-corrected chi connectivity index (χ2v) is 12.6. The molecule has 3 fully saturated rings. The highest BCUT2D eigenvalue weighted by Gasteiger charge is 2.15. The van der Waals surface area contributed by atoms with Gasteiger partial charge in [-0.05, 0) is 50.9 Å². The number of rotatable bonds is 5. The van der Waals surface area contributed by atoms with E-state index in [1.807, 2.05) is 22.7 Å². The smallest absolute Gasteiger partial charge is 0.320 e. The molecule has 0 aromatic carbocycles. The molecule has 4 aliphatic rings. The number of hydrogen-bond donors (Lipinski definition) is 8. The summed E-state index contributed by atoms with van der Waals surface area (Å²) < 4.78 is 7.07. The molecule has 1 atom stereocenters. The Hall–Kier alpha value is -2.60.